The molecule has 0 unspecified atom stereocenters. The largest absolute Gasteiger partial charge is 0.462 e. The van der Waals surface area contributed by atoms with E-state index in [9.17, 15) is 4.79 Å². The smallest absolute Gasteiger partial charge is 0.350 e. The Labute approximate surface area is 122 Å². The summed E-state index contributed by atoms with van der Waals surface area (Å²) in [6.45, 7) is 1.90. The fourth-order valence-electron chi connectivity index (χ4n) is 1.72. The molecule has 0 saturated carbocycles. The van der Waals surface area contributed by atoms with Crippen LogP contribution in [0, 0.1) is 11.3 Å². The molecule has 0 aliphatic heterocycles. The average Bonchev–Trinajstić information content (AvgIpc) is 2.97. The van der Waals surface area contributed by atoms with Crippen molar-refractivity contribution in [3.05, 3.63) is 48.3 Å². The first-order chi connectivity index (χ1) is 10.3. The molecule has 6 heteroatoms. The molecule has 0 radical (unpaired) electrons. The number of H-pyrrole nitrogens is 1. The number of aromatic nitrogens is 2. The van der Waals surface area contributed by atoms with Crippen molar-refractivity contribution in [1.82, 2.24) is 10.2 Å². The van der Waals surface area contributed by atoms with Gasteiger partial charge >= 0.3 is 5.97 Å². The minimum absolute atomic E-state index is 0.106. The molecule has 0 fully saturated rings. The quantitative estimate of drug-likeness (QED) is 0.499. The first-order valence-corrected chi connectivity index (χ1v) is 6.39. The SMILES string of the molecule is CCOC(=O)/C(C#N)=C/Nc1[nH]ncc1-c1ccccc1. The highest BCUT2D eigenvalue weighted by Gasteiger charge is 2.11. The van der Waals surface area contributed by atoms with Crippen molar-refractivity contribution in [1.29, 1.82) is 5.26 Å². The predicted octanol–water partition coefficient (Wildman–Crippen LogP) is 2.46. The summed E-state index contributed by atoms with van der Waals surface area (Å²) in [6.07, 6.45) is 2.97. The number of aromatic amines is 1. The number of hydrogen-bond acceptors (Lipinski definition) is 5. The second-order valence-electron chi connectivity index (χ2n) is 4.06. The van der Waals surface area contributed by atoms with Crippen LogP contribution in [0.3, 0.4) is 0 Å². The number of nitrogens with one attached hydrogen (secondary N) is 2. The number of hydrogen-bond donors (Lipinski definition) is 2. The molecular formula is C15H14N4O2. The predicted molar refractivity (Wildman–Crippen MR) is 78.0 cm³/mol. The van der Waals surface area contributed by atoms with Gasteiger partial charge in [0.25, 0.3) is 0 Å². The zero-order valence-corrected chi connectivity index (χ0v) is 11.5. The highest BCUT2D eigenvalue weighted by Crippen LogP contribution is 2.25. The third-order valence-electron chi connectivity index (χ3n) is 2.70. The van der Waals surface area contributed by atoms with Gasteiger partial charge in [0.1, 0.15) is 11.9 Å². The summed E-state index contributed by atoms with van der Waals surface area (Å²) >= 11 is 0. The molecule has 0 spiro atoms. The van der Waals surface area contributed by atoms with E-state index in [0.29, 0.717) is 5.82 Å². The minimum Gasteiger partial charge on any atom is -0.462 e. The molecule has 0 bridgehead atoms. The number of benzene rings is 1. The van der Waals surface area contributed by atoms with Gasteiger partial charge < -0.3 is 10.1 Å². The lowest BCUT2D eigenvalue weighted by atomic mass is 10.1. The average molecular weight is 282 g/mol. The molecule has 0 atom stereocenters. The van der Waals surface area contributed by atoms with E-state index in [-0.39, 0.29) is 12.2 Å². The lowest BCUT2D eigenvalue weighted by Gasteiger charge is -2.04. The molecule has 21 heavy (non-hydrogen) atoms. The van der Waals surface area contributed by atoms with Crippen LogP contribution < -0.4 is 5.32 Å². The molecule has 0 aliphatic rings. The van der Waals surface area contributed by atoms with Gasteiger partial charge in [-0.15, -0.1) is 0 Å². The molecule has 6 nitrogen and oxygen atoms in total. The van der Waals surface area contributed by atoms with Gasteiger partial charge in [0.2, 0.25) is 0 Å². The minimum atomic E-state index is -0.659. The van der Waals surface area contributed by atoms with E-state index in [1.807, 2.05) is 30.3 Å². The Kier molecular flexibility index (Phi) is 4.72. The summed E-state index contributed by atoms with van der Waals surface area (Å²) < 4.78 is 4.78. The Balaban J connectivity index is 2.20. The van der Waals surface area contributed by atoms with Crippen molar-refractivity contribution in [3.63, 3.8) is 0 Å². The maximum absolute atomic E-state index is 11.5. The number of carbonyl (C=O) groups is 1. The number of nitrogens with zero attached hydrogens (tertiary/aromatic N) is 2. The molecule has 1 heterocycles. The fraction of sp³-hybridized carbons (Fsp3) is 0.133. The maximum atomic E-state index is 11.5. The van der Waals surface area contributed by atoms with Crippen LogP contribution in [-0.2, 0) is 9.53 Å². The zero-order valence-electron chi connectivity index (χ0n) is 11.5. The number of nitriles is 1. The lowest BCUT2D eigenvalue weighted by Crippen LogP contribution is -2.08. The van der Waals surface area contributed by atoms with Crippen LogP contribution in [0.1, 0.15) is 6.92 Å². The fourth-order valence-corrected chi connectivity index (χ4v) is 1.72. The second kappa shape index (κ2) is 6.91. The summed E-state index contributed by atoms with van der Waals surface area (Å²) in [5, 5.41) is 18.6. The van der Waals surface area contributed by atoms with E-state index in [1.165, 1.54) is 6.20 Å². The van der Waals surface area contributed by atoms with Crippen LogP contribution in [0.4, 0.5) is 5.82 Å². The summed E-state index contributed by atoms with van der Waals surface area (Å²) in [5.41, 5.74) is 1.70. The van der Waals surface area contributed by atoms with Crippen molar-refractivity contribution in [3.8, 4) is 17.2 Å². The van der Waals surface area contributed by atoms with E-state index in [2.05, 4.69) is 15.5 Å². The van der Waals surface area contributed by atoms with Gasteiger partial charge in [-0.25, -0.2) is 4.79 Å². The van der Waals surface area contributed by atoms with E-state index in [1.54, 1.807) is 19.2 Å². The summed E-state index contributed by atoms with van der Waals surface area (Å²) in [5.74, 6) is -0.0634. The van der Waals surface area contributed by atoms with Crippen LogP contribution >= 0.6 is 0 Å². The Morgan fingerprint density at radius 2 is 2.24 bits per heavy atom. The van der Waals surface area contributed by atoms with E-state index >= 15 is 0 Å². The summed E-state index contributed by atoms with van der Waals surface area (Å²) in [6, 6.07) is 11.4. The Bertz CT molecular complexity index is 683. The number of esters is 1. The van der Waals surface area contributed by atoms with Crippen molar-refractivity contribution >= 4 is 11.8 Å². The van der Waals surface area contributed by atoms with Crippen LogP contribution in [0.2, 0.25) is 0 Å². The van der Waals surface area contributed by atoms with E-state index in [4.69, 9.17) is 10.00 Å². The standard InChI is InChI=1S/C15H14N4O2/c1-2-21-15(20)12(8-16)9-17-14-13(10-18-19-14)11-6-4-3-5-7-11/h3-7,9-10H,2H2,1H3,(H2,17,18,19)/b12-9+. The topological polar surface area (TPSA) is 90.8 Å². The van der Waals surface area contributed by atoms with Gasteiger partial charge in [-0.3, -0.25) is 5.10 Å². The molecule has 1 aromatic carbocycles. The van der Waals surface area contributed by atoms with Crippen molar-refractivity contribution in [2.24, 2.45) is 0 Å². The summed E-state index contributed by atoms with van der Waals surface area (Å²) in [7, 11) is 0. The van der Waals surface area contributed by atoms with Crippen LogP contribution in [0.25, 0.3) is 11.1 Å². The monoisotopic (exact) mass is 282 g/mol. The molecule has 2 N–H and O–H groups in total. The Hall–Kier alpha value is -3.07. The zero-order chi connectivity index (χ0) is 15.1. The lowest BCUT2D eigenvalue weighted by molar-refractivity contribution is -0.138. The summed E-state index contributed by atoms with van der Waals surface area (Å²) in [4.78, 5) is 11.5. The van der Waals surface area contributed by atoms with Crippen LogP contribution in [-0.4, -0.2) is 22.8 Å². The van der Waals surface area contributed by atoms with Crippen LogP contribution in [0.15, 0.2) is 48.3 Å². The number of carbonyl (C=O) groups excluding carboxylic acids is 1. The first kappa shape index (κ1) is 14.3. The molecule has 2 aromatic rings. The highest BCUT2D eigenvalue weighted by molar-refractivity contribution is 5.93. The van der Waals surface area contributed by atoms with Gasteiger partial charge in [0.15, 0.2) is 5.57 Å². The number of rotatable bonds is 5. The Morgan fingerprint density at radius 1 is 1.48 bits per heavy atom. The van der Waals surface area contributed by atoms with Crippen LogP contribution in [0.5, 0.6) is 0 Å². The van der Waals surface area contributed by atoms with E-state index < -0.39 is 5.97 Å². The molecule has 0 aliphatic carbocycles. The van der Waals surface area contributed by atoms with Crippen molar-refractivity contribution < 1.29 is 9.53 Å². The molecule has 0 amide bonds. The Morgan fingerprint density at radius 3 is 2.90 bits per heavy atom. The van der Waals surface area contributed by atoms with Crippen molar-refractivity contribution in [2.45, 2.75) is 6.92 Å². The normalized spacial score (nSPS) is 10.8. The molecular weight excluding hydrogens is 268 g/mol. The van der Waals surface area contributed by atoms with Gasteiger partial charge in [-0.2, -0.15) is 10.4 Å². The third-order valence-corrected chi connectivity index (χ3v) is 2.70. The number of anilines is 1. The van der Waals surface area contributed by atoms with Gasteiger partial charge in [-0.05, 0) is 12.5 Å². The van der Waals surface area contributed by atoms with Gasteiger partial charge in [0.05, 0.1) is 12.8 Å². The second-order valence-corrected chi connectivity index (χ2v) is 4.06. The maximum Gasteiger partial charge on any atom is 0.350 e. The van der Waals surface area contributed by atoms with Gasteiger partial charge in [-0.1, -0.05) is 30.3 Å². The van der Waals surface area contributed by atoms with Gasteiger partial charge in [0, 0.05) is 11.8 Å². The molecule has 106 valence electrons. The first-order valence-electron chi connectivity index (χ1n) is 6.39. The molecule has 0 saturated heterocycles. The third kappa shape index (κ3) is 3.48. The van der Waals surface area contributed by atoms with Crippen molar-refractivity contribution in [2.75, 3.05) is 11.9 Å². The molecule has 1 aromatic heterocycles. The number of ether oxygens (including phenoxy) is 1. The highest BCUT2D eigenvalue weighted by atomic mass is 16.5. The molecule has 2 rings (SSSR count). The van der Waals surface area contributed by atoms with E-state index in [0.717, 1.165) is 11.1 Å².